The number of aromatic nitrogens is 1. The van der Waals surface area contributed by atoms with Crippen LogP contribution in [0.3, 0.4) is 0 Å². The first kappa shape index (κ1) is 16.0. The number of nitrogens with one attached hydrogen (secondary N) is 1. The van der Waals surface area contributed by atoms with Gasteiger partial charge in [0.25, 0.3) is 0 Å². The Morgan fingerprint density at radius 2 is 1.79 bits per heavy atom. The third kappa shape index (κ3) is 2.82. The molecule has 1 N–H and O–H groups in total. The van der Waals surface area contributed by atoms with Crippen molar-refractivity contribution in [2.75, 3.05) is 5.32 Å². The van der Waals surface area contributed by atoms with Crippen LogP contribution in [0.2, 0.25) is 10.0 Å². The summed E-state index contributed by atoms with van der Waals surface area (Å²) in [4.78, 5) is 4.17. The Balaban J connectivity index is 1.59. The van der Waals surface area contributed by atoms with Crippen LogP contribution >= 0.6 is 23.2 Å². The van der Waals surface area contributed by atoms with Gasteiger partial charge in [0.05, 0.1) is 10.0 Å². The number of benzene rings is 1. The van der Waals surface area contributed by atoms with Crippen molar-refractivity contribution in [2.45, 2.75) is 25.2 Å². The van der Waals surface area contributed by atoms with Crippen molar-refractivity contribution in [3.8, 4) is 0 Å². The zero-order valence-corrected chi connectivity index (χ0v) is 14.9. The van der Waals surface area contributed by atoms with Gasteiger partial charge in [0.1, 0.15) is 0 Å². The van der Waals surface area contributed by atoms with E-state index in [9.17, 15) is 0 Å². The molecule has 0 spiro atoms. The maximum atomic E-state index is 6.14. The highest BCUT2D eigenvalue weighted by Gasteiger charge is 2.49. The minimum atomic E-state index is 0.459. The molecule has 1 aromatic carbocycles. The Morgan fingerprint density at radius 3 is 2.54 bits per heavy atom. The van der Waals surface area contributed by atoms with E-state index in [-0.39, 0.29) is 0 Å². The van der Waals surface area contributed by atoms with Crippen molar-refractivity contribution in [1.82, 2.24) is 4.98 Å². The molecule has 4 rings (SSSR count). The average Bonchev–Trinajstić information content (AvgIpc) is 3.20. The van der Waals surface area contributed by atoms with Crippen LogP contribution in [0, 0.1) is 17.8 Å². The molecule has 0 aliphatic heterocycles. The predicted octanol–water partition coefficient (Wildman–Crippen LogP) is 6.14. The fourth-order valence-electron chi connectivity index (χ4n) is 4.70. The van der Waals surface area contributed by atoms with Crippen molar-refractivity contribution >= 4 is 28.9 Å². The van der Waals surface area contributed by atoms with Gasteiger partial charge >= 0.3 is 0 Å². The Labute approximate surface area is 152 Å². The minimum Gasteiger partial charge on any atom is -0.359 e. The molecular weight excluding hydrogens is 339 g/mol. The first-order chi connectivity index (χ1) is 11.6. The van der Waals surface area contributed by atoms with E-state index in [1.165, 1.54) is 24.8 Å². The number of nitrogens with zero attached hydrogens (tertiary/aromatic N) is 1. The summed E-state index contributed by atoms with van der Waals surface area (Å²) >= 11 is 12.1. The summed E-state index contributed by atoms with van der Waals surface area (Å²) in [6, 6.07) is 9.95. The first-order valence-electron chi connectivity index (χ1n) is 8.44. The lowest BCUT2D eigenvalue weighted by Gasteiger charge is -2.33. The van der Waals surface area contributed by atoms with Crippen LogP contribution in [0.25, 0.3) is 0 Å². The molecule has 124 valence electrons. The summed E-state index contributed by atoms with van der Waals surface area (Å²) in [5, 5.41) is 4.62. The predicted molar refractivity (Wildman–Crippen MR) is 101 cm³/mol. The molecule has 0 amide bonds. The van der Waals surface area contributed by atoms with Gasteiger partial charge in [0.2, 0.25) is 0 Å². The molecule has 2 fully saturated rings. The molecule has 4 unspecified atom stereocenters. The molecule has 4 heteroatoms. The van der Waals surface area contributed by atoms with E-state index >= 15 is 0 Å². The highest BCUT2D eigenvalue weighted by atomic mass is 35.5. The monoisotopic (exact) mass is 358 g/mol. The van der Waals surface area contributed by atoms with Gasteiger partial charge in [-0.3, -0.25) is 4.98 Å². The Bertz CT molecular complexity index is 759. The Hall–Kier alpha value is -1.51. The second-order valence-electron chi connectivity index (χ2n) is 6.94. The van der Waals surface area contributed by atoms with E-state index < -0.39 is 0 Å². The van der Waals surface area contributed by atoms with Crippen LogP contribution in [0.1, 0.15) is 30.7 Å². The Kier molecular flexibility index (Phi) is 4.28. The van der Waals surface area contributed by atoms with Gasteiger partial charge in [0.15, 0.2) is 0 Å². The van der Waals surface area contributed by atoms with Crippen LogP contribution < -0.4 is 5.32 Å². The van der Waals surface area contributed by atoms with Crippen molar-refractivity contribution in [3.05, 3.63) is 70.6 Å². The second kappa shape index (κ2) is 6.42. The number of hydrogen-bond acceptors (Lipinski definition) is 2. The molecular formula is C20H20Cl2N2. The third-order valence-electron chi connectivity index (χ3n) is 5.63. The van der Waals surface area contributed by atoms with Gasteiger partial charge in [0, 0.05) is 29.7 Å². The summed E-state index contributed by atoms with van der Waals surface area (Å²) < 4.78 is 0. The number of pyridine rings is 1. The van der Waals surface area contributed by atoms with Gasteiger partial charge in [-0.25, -0.2) is 0 Å². The lowest BCUT2D eigenvalue weighted by Crippen LogP contribution is -2.25. The maximum Gasteiger partial charge on any atom is 0.0612 e. The summed E-state index contributed by atoms with van der Waals surface area (Å²) in [6.07, 6.45) is 7.73. The molecule has 2 saturated carbocycles. The van der Waals surface area contributed by atoms with Crippen molar-refractivity contribution in [2.24, 2.45) is 17.8 Å². The summed E-state index contributed by atoms with van der Waals surface area (Å²) in [5.41, 5.74) is 3.42. The normalized spacial score (nSPS) is 28.1. The maximum absolute atomic E-state index is 6.14. The van der Waals surface area contributed by atoms with Gasteiger partial charge in [-0.2, -0.15) is 0 Å². The SMILES string of the molecule is C=C(Nc1ccc(Cl)c(Cl)c1)C1C2CCC(C2)C1c1ccncc1. The van der Waals surface area contributed by atoms with Crippen LogP contribution in [0.5, 0.6) is 0 Å². The van der Waals surface area contributed by atoms with Gasteiger partial charge in [-0.1, -0.05) is 29.8 Å². The first-order valence-corrected chi connectivity index (χ1v) is 9.20. The van der Waals surface area contributed by atoms with Crippen molar-refractivity contribution in [1.29, 1.82) is 0 Å². The number of fused-ring (bicyclic) bond motifs is 2. The van der Waals surface area contributed by atoms with E-state index in [1.54, 1.807) is 0 Å². The Morgan fingerprint density at radius 1 is 1.04 bits per heavy atom. The number of halogens is 2. The van der Waals surface area contributed by atoms with Crippen molar-refractivity contribution in [3.63, 3.8) is 0 Å². The molecule has 2 nitrogen and oxygen atoms in total. The molecule has 2 aliphatic carbocycles. The lowest BCUT2D eigenvalue weighted by molar-refractivity contribution is 0.329. The van der Waals surface area contributed by atoms with Crippen molar-refractivity contribution < 1.29 is 0 Å². The molecule has 2 bridgehead atoms. The summed E-state index contributed by atoms with van der Waals surface area (Å²) in [6.45, 7) is 4.38. The van der Waals surface area contributed by atoms with Gasteiger partial charge in [-0.05, 0) is 72.9 Å². The quantitative estimate of drug-likeness (QED) is 0.709. The fraction of sp³-hybridized carbons (Fsp3) is 0.350. The van der Waals surface area contributed by atoms with E-state index in [1.807, 2.05) is 30.6 Å². The highest BCUT2D eigenvalue weighted by Crippen LogP contribution is 2.58. The molecule has 1 heterocycles. The molecule has 24 heavy (non-hydrogen) atoms. The van der Waals surface area contributed by atoms with Gasteiger partial charge in [-0.15, -0.1) is 0 Å². The fourth-order valence-corrected chi connectivity index (χ4v) is 5.00. The average molecular weight is 359 g/mol. The molecule has 2 aliphatic rings. The number of hydrogen-bond donors (Lipinski definition) is 1. The molecule has 4 atom stereocenters. The smallest absolute Gasteiger partial charge is 0.0612 e. The number of anilines is 1. The van der Waals surface area contributed by atoms with Crippen LogP contribution in [0.15, 0.2) is 55.0 Å². The third-order valence-corrected chi connectivity index (χ3v) is 6.37. The molecule has 0 radical (unpaired) electrons. The zero-order valence-electron chi connectivity index (χ0n) is 13.4. The van der Waals surface area contributed by atoms with Crippen LogP contribution in [-0.2, 0) is 0 Å². The van der Waals surface area contributed by atoms with Crippen LogP contribution in [0.4, 0.5) is 5.69 Å². The number of allylic oxidation sites excluding steroid dienone is 1. The van der Waals surface area contributed by atoms with E-state index in [4.69, 9.17) is 23.2 Å². The summed E-state index contributed by atoms with van der Waals surface area (Å²) in [5.74, 6) is 2.47. The minimum absolute atomic E-state index is 0.459. The summed E-state index contributed by atoms with van der Waals surface area (Å²) in [7, 11) is 0. The topological polar surface area (TPSA) is 24.9 Å². The largest absolute Gasteiger partial charge is 0.359 e. The van der Waals surface area contributed by atoms with Gasteiger partial charge < -0.3 is 5.32 Å². The molecule has 2 aromatic rings. The van der Waals surface area contributed by atoms with E-state index in [0.29, 0.717) is 21.9 Å². The highest BCUT2D eigenvalue weighted by molar-refractivity contribution is 6.42. The molecule has 0 saturated heterocycles. The second-order valence-corrected chi connectivity index (χ2v) is 7.76. The van der Waals surface area contributed by atoms with E-state index in [0.717, 1.165) is 23.2 Å². The standard InChI is InChI=1S/C20H20Cl2N2/c1-12(24-16-4-5-17(21)18(22)11-16)19-14-2-3-15(10-14)20(19)13-6-8-23-9-7-13/h4-9,11,14-15,19-20,24H,1-3,10H2. The van der Waals surface area contributed by atoms with Crippen LogP contribution in [-0.4, -0.2) is 4.98 Å². The van der Waals surface area contributed by atoms with E-state index in [2.05, 4.69) is 29.0 Å². The lowest BCUT2D eigenvalue weighted by atomic mass is 9.74. The zero-order chi connectivity index (χ0) is 16.7. The number of rotatable bonds is 4. The molecule has 1 aromatic heterocycles.